The molecule has 3 aromatic rings. The molecule has 0 radical (unpaired) electrons. The van der Waals surface area contributed by atoms with Crippen molar-refractivity contribution >= 4 is 5.91 Å². The van der Waals surface area contributed by atoms with Crippen LogP contribution in [-0.4, -0.2) is 28.9 Å². The van der Waals surface area contributed by atoms with Crippen LogP contribution >= 0.6 is 0 Å². The summed E-state index contributed by atoms with van der Waals surface area (Å²) < 4.78 is 19.5. The third kappa shape index (κ3) is 4.75. The molecule has 2 heterocycles. The summed E-state index contributed by atoms with van der Waals surface area (Å²) in [4.78, 5) is 19.2. The number of pyridine rings is 1. The molecule has 6 heteroatoms. The van der Waals surface area contributed by atoms with Crippen LogP contribution in [0.2, 0.25) is 0 Å². The van der Waals surface area contributed by atoms with E-state index in [9.17, 15) is 9.18 Å². The highest BCUT2D eigenvalue weighted by Gasteiger charge is 2.43. The summed E-state index contributed by atoms with van der Waals surface area (Å²) in [6, 6.07) is 19.8. The molecule has 1 aliphatic rings. The Balaban J connectivity index is 1.51. The molecule has 0 bridgehead atoms. The molecule has 2 N–H and O–H groups in total. The lowest BCUT2D eigenvalue weighted by Gasteiger charge is -2.40. The number of likely N-dealkylation sites (tertiary alicyclic amines) is 1. The van der Waals surface area contributed by atoms with E-state index in [4.69, 9.17) is 10.5 Å². The Kier molecular flexibility index (Phi) is 6.28. The van der Waals surface area contributed by atoms with E-state index in [0.717, 1.165) is 35.5 Å². The van der Waals surface area contributed by atoms with Crippen molar-refractivity contribution in [3.63, 3.8) is 0 Å². The number of carbonyl (C=O) groups excluding carboxylic acids is 1. The van der Waals surface area contributed by atoms with Gasteiger partial charge in [0, 0.05) is 24.8 Å². The highest BCUT2D eigenvalue weighted by Crippen LogP contribution is 2.34. The van der Waals surface area contributed by atoms with Gasteiger partial charge in [0.1, 0.15) is 23.6 Å². The summed E-state index contributed by atoms with van der Waals surface area (Å²) in [5, 5.41) is 0. The molecule has 0 aliphatic carbocycles. The van der Waals surface area contributed by atoms with Crippen LogP contribution in [0.4, 0.5) is 4.39 Å². The number of hydrogen-bond donors (Lipinski definition) is 1. The van der Waals surface area contributed by atoms with E-state index in [-0.39, 0.29) is 18.3 Å². The van der Waals surface area contributed by atoms with Crippen LogP contribution in [0.25, 0.3) is 0 Å². The largest absolute Gasteiger partial charge is 0.489 e. The molecule has 1 saturated heterocycles. The molecule has 1 aliphatic heterocycles. The second-order valence-electron chi connectivity index (χ2n) is 8.00. The minimum absolute atomic E-state index is 0.278. The van der Waals surface area contributed by atoms with Gasteiger partial charge < -0.3 is 10.5 Å². The number of primary amides is 1. The fourth-order valence-corrected chi connectivity index (χ4v) is 4.27. The number of halogens is 1. The average Bonchev–Trinajstić information content (AvgIpc) is 2.79. The molecule has 1 fully saturated rings. The van der Waals surface area contributed by atoms with Crippen molar-refractivity contribution in [3.05, 3.63) is 95.6 Å². The lowest BCUT2D eigenvalue weighted by molar-refractivity contribution is -0.126. The monoisotopic (exact) mass is 419 g/mol. The number of hydrogen-bond acceptors (Lipinski definition) is 4. The fraction of sp³-hybridized carbons (Fsp3) is 0.280. The summed E-state index contributed by atoms with van der Waals surface area (Å²) in [6.45, 7) is 2.28. The molecule has 1 atom stereocenters. The van der Waals surface area contributed by atoms with Crippen LogP contribution in [0.5, 0.6) is 5.75 Å². The maximum Gasteiger partial charge on any atom is 0.230 e. The first-order valence-electron chi connectivity index (χ1n) is 10.5. The number of rotatable bonds is 7. The van der Waals surface area contributed by atoms with Gasteiger partial charge in [-0.2, -0.15) is 0 Å². The third-order valence-corrected chi connectivity index (χ3v) is 5.85. The summed E-state index contributed by atoms with van der Waals surface area (Å²) in [7, 11) is 0. The Morgan fingerprint density at radius 3 is 2.74 bits per heavy atom. The minimum atomic E-state index is -0.795. The number of ether oxygens (including phenoxy) is 1. The smallest absolute Gasteiger partial charge is 0.230 e. The van der Waals surface area contributed by atoms with Crippen LogP contribution in [0.1, 0.15) is 29.7 Å². The van der Waals surface area contributed by atoms with Crippen molar-refractivity contribution < 1.29 is 13.9 Å². The van der Waals surface area contributed by atoms with Gasteiger partial charge in [-0.05, 0) is 55.3 Å². The SMILES string of the molecule is NC(=O)[C@]1(c2ccccn2)CCCN(Cc2ccccc2OCc2cccc(F)c2)C1. The molecule has 0 saturated carbocycles. The number of aromatic nitrogens is 1. The quantitative estimate of drug-likeness (QED) is 0.632. The first kappa shape index (κ1) is 21.0. The summed E-state index contributed by atoms with van der Waals surface area (Å²) in [6.07, 6.45) is 3.24. The van der Waals surface area contributed by atoms with Crippen molar-refractivity contribution in [2.45, 2.75) is 31.4 Å². The Hall–Kier alpha value is -3.25. The van der Waals surface area contributed by atoms with Gasteiger partial charge in [0.25, 0.3) is 0 Å². The molecule has 5 nitrogen and oxygen atoms in total. The summed E-state index contributed by atoms with van der Waals surface area (Å²) in [5.74, 6) is 0.131. The van der Waals surface area contributed by atoms with Crippen LogP contribution < -0.4 is 10.5 Å². The fourth-order valence-electron chi connectivity index (χ4n) is 4.27. The number of nitrogens with zero attached hydrogens (tertiary/aromatic N) is 2. The normalized spacial score (nSPS) is 19.1. The van der Waals surface area contributed by atoms with Gasteiger partial charge in [0.05, 0.1) is 5.69 Å². The first-order valence-corrected chi connectivity index (χ1v) is 10.5. The maximum absolute atomic E-state index is 13.5. The van der Waals surface area contributed by atoms with Gasteiger partial charge in [-0.1, -0.05) is 36.4 Å². The number of benzene rings is 2. The van der Waals surface area contributed by atoms with E-state index in [1.807, 2.05) is 48.5 Å². The van der Waals surface area contributed by atoms with Crippen molar-refractivity contribution in [1.82, 2.24) is 9.88 Å². The van der Waals surface area contributed by atoms with Crippen molar-refractivity contribution in [2.75, 3.05) is 13.1 Å². The lowest BCUT2D eigenvalue weighted by atomic mass is 9.76. The number of carbonyl (C=O) groups is 1. The topological polar surface area (TPSA) is 68.5 Å². The van der Waals surface area contributed by atoms with Crippen molar-refractivity contribution in [2.24, 2.45) is 5.73 Å². The van der Waals surface area contributed by atoms with E-state index < -0.39 is 5.41 Å². The summed E-state index contributed by atoms with van der Waals surface area (Å²) >= 11 is 0. The molecule has 31 heavy (non-hydrogen) atoms. The van der Waals surface area contributed by atoms with Gasteiger partial charge >= 0.3 is 0 Å². The van der Waals surface area contributed by atoms with Crippen molar-refractivity contribution in [1.29, 1.82) is 0 Å². The molecule has 0 spiro atoms. The third-order valence-electron chi connectivity index (χ3n) is 5.85. The second kappa shape index (κ2) is 9.27. The zero-order chi connectivity index (χ0) is 21.7. The van der Waals surface area contributed by atoms with Gasteiger partial charge in [-0.25, -0.2) is 4.39 Å². The predicted molar refractivity (Wildman–Crippen MR) is 117 cm³/mol. The Labute approximate surface area is 181 Å². The molecule has 4 rings (SSSR count). The molecule has 1 amide bonds. The summed E-state index contributed by atoms with van der Waals surface area (Å²) in [5.41, 5.74) is 7.60. The van der Waals surface area contributed by atoms with Gasteiger partial charge in [0.15, 0.2) is 0 Å². The average molecular weight is 420 g/mol. The van der Waals surface area contributed by atoms with Crippen LogP contribution in [0.3, 0.4) is 0 Å². The zero-order valence-electron chi connectivity index (χ0n) is 17.3. The molecule has 160 valence electrons. The number of para-hydroxylation sites is 1. The Bertz CT molecular complexity index is 1040. The number of nitrogens with two attached hydrogens (primary N) is 1. The van der Waals surface area contributed by atoms with E-state index in [2.05, 4.69) is 9.88 Å². The maximum atomic E-state index is 13.5. The van der Waals surface area contributed by atoms with Crippen LogP contribution in [-0.2, 0) is 23.4 Å². The molecule has 1 aromatic heterocycles. The highest BCUT2D eigenvalue weighted by molar-refractivity contribution is 5.86. The Morgan fingerprint density at radius 1 is 1.13 bits per heavy atom. The van der Waals surface area contributed by atoms with Crippen LogP contribution in [0.15, 0.2) is 72.9 Å². The second-order valence-corrected chi connectivity index (χ2v) is 8.00. The number of piperidine rings is 1. The van der Waals surface area contributed by atoms with Gasteiger partial charge in [0.2, 0.25) is 5.91 Å². The van der Waals surface area contributed by atoms with Crippen molar-refractivity contribution in [3.8, 4) is 5.75 Å². The minimum Gasteiger partial charge on any atom is -0.489 e. The molecular formula is C25H26FN3O2. The van der Waals surface area contributed by atoms with E-state index in [1.54, 1.807) is 12.3 Å². The Morgan fingerprint density at radius 2 is 1.97 bits per heavy atom. The van der Waals surface area contributed by atoms with E-state index in [1.165, 1.54) is 12.1 Å². The molecular weight excluding hydrogens is 393 g/mol. The standard InChI is InChI=1S/C25H26FN3O2/c26-21-9-5-7-19(15-21)17-31-22-10-2-1-8-20(22)16-29-14-6-12-25(18-29,24(27)30)23-11-3-4-13-28-23/h1-5,7-11,13,15H,6,12,14,16-18H2,(H2,27,30)/t25-/m1/s1. The highest BCUT2D eigenvalue weighted by atomic mass is 19.1. The van der Waals surface area contributed by atoms with E-state index in [0.29, 0.717) is 19.5 Å². The lowest BCUT2D eigenvalue weighted by Crippen LogP contribution is -2.53. The van der Waals surface area contributed by atoms with Gasteiger partial charge in [-0.15, -0.1) is 0 Å². The molecule has 2 aromatic carbocycles. The molecule has 0 unspecified atom stereocenters. The number of amides is 1. The van der Waals surface area contributed by atoms with Gasteiger partial charge in [-0.3, -0.25) is 14.7 Å². The predicted octanol–water partition coefficient (Wildman–Crippen LogP) is 3.82. The van der Waals surface area contributed by atoms with Crippen LogP contribution in [0, 0.1) is 5.82 Å². The van der Waals surface area contributed by atoms with E-state index >= 15 is 0 Å². The first-order chi connectivity index (χ1) is 15.1. The zero-order valence-corrected chi connectivity index (χ0v) is 17.3.